The molecule has 0 bridgehead atoms. The predicted molar refractivity (Wildman–Crippen MR) is 111 cm³/mol. The Hall–Kier alpha value is -3.18. The number of aromatic nitrogens is 1. The van der Waals surface area contributed by atoms with Gasteiger partial charge in [0, 0.05) is 29.0 Å². The summed E-state index contributed by atoms with van der Waals surface area (Å²) in [4.78, 5) is 28.9. The maximum absolute atomic E-state index is 12.4. The van der Waals surface area contributed by atoms with E-state index in [1.807, 2.05) is 55.5 Å². The Morgan fingerprint density at radius 3 is 2.54 bits per heavy atom. The number of carbonyl (C=O) groups is 2. The smallest absolute Gasteiger partial charge is 0.269 e. The van der Waals surface area contributed by atoms with Crippen LogP contribution in [0.5, 0.6) is 0 Å². The van der Waals surface area contributed by atoms with Crippen LogP contribution >= 0.6 is 11.6 Å². The number of benzene rings is 2. The van der Waals surface area contributed by atoms with Crippen molar-refractivity contribution in [1.29, 1.82) is 0 Å². The Labute approximate surface area is 168 Å². The van der Waals surface area contributed by atoms with Crippen LogP contribution in [0.25, 0.3) is 0 Å². The van der Waals surface area contributed by atoms with E-state index in [9.17, 15) is 9.59 Å². The second kappa shape index (κ2) is 9.15. The van der Waals surface area contributed by atoms with Gasteiger partial charge >= 0.3 is 0 Å². The first-order valence-electron chi connectivity index (χ1n) is 8.88. The first-order valence-corrected chi connectivity index (χ1v) is 9.26. The van der Waals surface area contributed by atoms with Crippen LogP contribution in [-0.2, 0) is 6.42 Å². The second-order valence-corrected chi connectivity index (χ2v) is 6.82. The zero-order valence-corrected chi connectivity index (χ0v) is 16.2. The van der Waals surface area contributed by atoms with Crippen molar-refractivity contribution >= 4 is 29.1 Å². The summed E-state index contributed by atoms with van der Waals surface area (Å²) in [6.07, 6.45) is 2.13. The standard InChI is InChI=1S/C22H20ClN3O2/c1-15-3-2-4-19(13-15)26-21(27)17-10-12-24-20(14-17)22(28)25-11-9-16-5-7-18(23)8-6-16/h2-8,10,12-14H,9,11H2,1H3,(H,25,28)(H,26,27). The predicted octanol–water partition coefficient (Wildman–Crippen LogP) is 4.27. The lowest BCUT2D eigenvalue weighted by Gasteiger charge is -2.08. The van der Waals surface area contributed by atoms with Gasteiger partial charge in [-0.1, -0.05) is 35.9 Å². The topological polar surface area (TPSA) is 71.1 Å². The molecule has 0 radical (unpaired) electrons. The highest BCUT2D eigenvalue weighted by Crippen LogP contribution is 2.12. The van der Waals surface area contributed by atoms with Crippen molar-refractivity contribution in [2.24, 2.45) is 0 Å². The number of halogens is 1. The summed E-state index contributed by atoms with van der Waals surface area (Å²) in [5.74, 6) is -0.609. The van der Waals surface area contributed by atoms with Crippen molar-refractivity contribution in [2.75, 3.05) is 11.9 Å². The number of anilines is 1. The first-order chi connectivity index (χ1) is 13.5. The molecule has 1 heterocycles. The number of aryl methyl sites for hydroxylation is 1. The molecule has 0 saturated carbocycles. The lowest BCUT2D eigenvalue weighted by Crippen LogP contribution is -2.27. The van der Waals surface area contributed by atoms with Crippen LogP contribution in [0.15, 0.2) is 66.9 Å². The van der Waals surface area contributed by atoms with Crippen molar-refractivity contribution in [3.8, 4) is 0 Å². The molecule has 5 nitrogen and oxygen atoms in total. The molecule has 0 fully saturated rings. The molecule has 2 aromatic carbocycles. The summed E-state index contributed by atoms with van der Waals surface area (Å²) < 4.78 is 0. The number of amides is 2. The second-order valence-electron chi connectivity index (χ2n) is 6.39. The van der Waals surface area contributed by atoms with E-state index in [2.05, 4.69) is 15.6 Å². The molecule has 1 aromatic heterocycles. The molecule has 0 aliphatic rings. The highest BCUT2D eigenvalue weighted by atomic mass is 35.5. The summed E-state index contributed by atoms with van der Waals surface area (Å²) in [5, 5.41) is 6.32. The Morgan fingerprint density at radius 1 is 1.00 bits per heavy atom. The summed E-state index contributed by atoms with van der Waals surface area (Å²) >= 11 is 5.86. The molecule has 0 saturated heterocycles. The number of pyridine rings is 1. The Morgan fingerprint density at radius 2 is 1.79 bits per heavy atom. The first kappa shape index (κ1) is 19.6. The van der Waals surface area contributed by atoms with Crippen LogP contribution in [0.2, 0.25) is 5.02 Å². The van der Waals surface area contributed by atoms with Crippen molar-refractivity contribution in [2.45, 2.75) is 13.3 Å². The van der Waals surface area contributed by atoms with Gasteiger partial charge in [0.15, 0.2) is 0 Å². The molecule has 142 valence electrons. The van der Waals surface area contributed by atoms with Gasteiger partial charge in [0.1, 0.15) is 5.69 Å². The molecule has 28 heavy (non-hydrogen) atoms. The van der Waals surface area contributed by atoms with E-state index in [1.165, 1.54) is 12.3 Å². The van der Waals surface area contributed by atoms with Gasteiger partial charge in [0.05, 0.1) is 0 Å². The number of carbonyl (C=O) groups excluding carboxylic acids is 2. The van der Waals surface area contributed by atoms with Gasteiger partial charge in [-0.3, -0.25) is 14.6 Å². The lowest BCUT2D eigenvalue weighted by molar-refractivity contribution is 0.0949. The largest absolute Gasteiger partial charge is 0.350 e. The van der Waals surface area contributed by atoms with Crippen molar-refractivity contribution in [1.82, 2.24) is 10.3 Å². The zero-order chi connectivity index (χ0) is 19.9. The van der Waals surface area contributed by atoms with Gasteiger partial charge in [-0.2, -0.15) is 0 Å². The summed E-state index contributed by atoms with van der Waals surface area (Å²) in [7, 11) is 0. The average Bonchev–Trinajstić information content (AvgIpc) is 2.69. The van der Waals surface area contributed by atoms with Gasteiger partial charge in [0.2, 0.25) is 0 Å². The van der Waals surface area contributed by atoms with Crippen LogP contribution in [-0.4, -0.2) is 23.3 Å². The Kier molecular flexibility index (Phi) is 6.40. The number of nitrogens with one attached hydrogen (secondary N) is 2. The van der Waals surface area contributed by atoms with E-state index in [-0.39, 0.29) is 17.5 Å². The monoisotopic (exact) mass is 393 g/mol. The molecule has 3 aromatic rings. The van der Waals surface area contributed by atoms with Crippen LogP contribution in [0.1, 0.15) is 32.0 Å². The average molecular weight is 394 g/mol. The molecule has 3 rings (SSSR count). The third-order valence-electron chi connectivity index (χ3n) is 4.14. The van der Waals surface area contributed by atoms with Crippen molar-refractivity contribution in [3.05, 3.63) is 94.3 Å². The number of nitrogens with zero attached hydrogens (tertiary/aromatic N) is 1. The third-order valence-corrected chi connectivity index (χ3v) is 4.40. The number of hydrogen-bond donors (Lipinski definition) is 2. The van der Waals surface area contributed by atoms with E-state index >= 15 is 0 Å². The van der Waals surface area contributed by atoms with Crippen molar-refractivity contribution < 1.29 is 9.59 Å². The molecule has 0 spiro atoms. The van der Waals surface area contributed by atoms with Gasteiger partial charge in [-0.05, 0) is 60.9 Å². The molecule has 6 heteroatoms. The van der Waals surface area contributed by atoms with E-state index < -0.39 is 0 Å². The highest BCUT2D eigenvalue weighted by Gasteiger charge is 2.12. The summed E-state index contributed by atoms with van der Waals surface area (Å²) in [6.45, 7) is 2.41. The molecule has 2 N–H and O–H groups in total. The summed E-state index contributed by atoms with van der Waals surface area (Å²) in [5.41, 5.74) is 3.40. The zero-order valence-electron chi connectivity index (χ0n) is 15.4. The van der Waals surface area contributed by atoms with Crippen LogP contribution in [0, 0.1) is 6.92 Å². The van der Waals surface area contributed by atoms with E-state index in [0.717, 1.165) is 11.1 Å². The normalized spacial score (nSPS) is 10.4. The van der Waals surface area contributed by atoms with Crippen LogP contribution in [0.3, 0.4) is 0 Å². The van der Waals surface area contributed by atoms with Gasteiger partial charge in [-0.25, -0.2) is 0 Å². The maximum Gasteiger partial charge on any atom is 0.269 e. The molecular formula is C22H20ClN3O2. The highest BCUT2D eigenvalue weighted by molar-refractivity contribution is 6.30. The fourth-order valence-corrected chi connectivity index (χ4v) is 2.81. The maximum atomic E-state index is 12.4. The molecule has 0 unspecified atom stereocenters. The quantitative estimate of drug-likeness (QED) is 0.657. The number of hydrogen-bond acceptors (Lipinski definition) is 3. The van der Waals surface area contributed by atoms with Gasteiger partial charge in [-0.15, -0.1) is 0 Å². The molecular weight excluding hydrogens is 374 g/mol. The molecule has 2 amide bonds. The summed E-state index contributed by atoms with van der Waals surface area (Å²) in [6, 6.07) is 18.1. The molecule has 0 aliphatic heterocycles. The minimum atomic E-state index is -0.320. The van der Waals surface area contributed by atoms with E-state index in [1.54, 1.807) is 6.07 Å². The van der Waals surface area contributed by atoms with Crippen LogP contribution < -0.4 is 10.6 Å². The SMILES string of the molecule is Cc1cccc(NC(=O)c2ccnc(C(=O)NCCc3ccc(Cl)cc3)c2)c1. The minimum Gasteiger partial charge on any atom is -0.350 e. The van der Waals surface area contributed by atoms with Gasteiger partial charge in [0.25, 0.3) is 11.8 Å². The fourth-order valence-electron chi connectivity index (χ4n) is 2.68. The number of rotatable bonds is 6. The molecule has 0 aliphatic carbocycles. The Bertz CT molecular complexity index is 987. The molecule has 0 atom stereocenters. The third kappa shape index (κ3) is 5.41. The van der Waals surface area contributed by atoms with Crippen molar-refractivity contribution in [3.63, 3.8) is 0 Å². The van der Waals surface area contributed by atoms with E-state index in [0.29, 0.717) is 29.2 Å². The van der Waals surface area contributed by atoms with E-state index in [4.69, 9.17) is 11.6 Å². The minimum absolute atomic E-state index is 0.202. The van der Waals surface area contributed by atoms with Crippen LogP contribution in [0.4, 0.5) is 5.69 Å². The van der Waals surface area contributed by atoms with Gasteiger partial charge < -0.3 is 10.6 Å². The lowest BCUT2D eigenvalue weighted by atomic mass is 10.1. The Balaban J connectivity index is 1.59. The fraction of sp³-hybridized carbons (Fsp3) is 0.136.